The second-order valence-electron chi connectivity index (χ2n) is 11.4. The Bertz CT molecular complexity index is 2790. The quantitative estimate of drug-likeness (QED) is 0.205. The van der Waals surface area contributed by atoms with Crippen LogP contribution in [-0.4, -0.2) is 14.5 Å². The van der Waals surface area contributed by atoms with Gasteiger partial charge in [-0.25, -0.2) is 9.97 Å². The van der Waals surface area contributed by atoms with Gasteiger partial charge in [0.1, 0.15) is 0 Å². The van der Waals surface area contributed by atoms with Crippen LogP contribution >= 0.6 is 11.3 Å². The van der Waals surface area contributed by atoms with Crippen LogP contribution in [0.1, 0.15) is 0 Å². The van der Waals surface area contributed by atoms with Crippen LogP contribution in [0.4, 0.5) is 0 Å². The van der Waals surface area contributed by atoms with Gasteiger partial charge in [-0.2, -0.15) is 0 Å². The number of aromatic nitrogens is 3. The average Bonchev–Trinajstić information content (AvgIpc) is 3.62. The van der Waals surface area contributed by atoms with E-state index in [1.54, 1.807) is 0 Å². The molecule has 0 N–H and O–H groups in total. The standard InChI is InChI=1S/C40H23N3S/c1-2-10-25-21-27(18-17-24(25)9-1)38-31-13-3-6-14-34(31)41-40(42-38)43-35-15-7-4-11-28(35)33-22-26-19-20-30-29-12-5-8-16-37(29)44-39(30)32(26)23-36(33)43/h1-23H. The molecule has 0 amide bonds. The van der Waals surface area contributed by atoms with E-state index in [0.717, 1.165) is 33.2 Å². The highest BCUT2D eigenvalue weighted by molar-refractivity contribution is 7.26. The number of fused-ring (bicyclic) bond motifs is 10. The second kappa shape index (κ2) is 8.96. The molecule has 0 radical (unpaired) electrons. The van der Waals surface area contributed by atoms with Gasteiger partial charge in [-0.3, -0.25) is 4.57 Å². The van der Waals surface area contributed by atoms with Crippen LogP contribution in [0.2, 0.25) is 0 Å². The monoisotopic (exact) mass is 577 g/mol. The molecule has 4 heteroatoms. The average molecular weight is 578 g/mol. The highest BCUT2D eigenvalue weighted by atomic mass is 32.1. The number of para-hydroxylation sites is 2. The van der Waals surface area contributed by atoms with Crippen molar-refractivity contribution in [3.63, 3.8) is 0 Å². The molecule has 0 spiro atoms. The summed E-state index contributed by atoms with van der Waals surface area (Å²) in [4.78, 5) is 10.6. The summed E-state index contributed by atoms with van der Waals surface area (Å²) in [6, 6.07) is 50.0. The lowest BCUT2D eigenvalue weighted by molar-refractivity contribution is 1.01. The number of benzene rings is 7. The van der Waals surface area contributed by atoms with Crippen molar-refractivity contribution in [3.8, 4) is 17.2 Å². The molecule has 0 saturated carbocycles. The minimum absolute atomic E-state index is 0.681. The van der Waals surface area contributed by atoms with Gasteiger partial charge in [0, 0.05) is 47.3 Å². The van der Waals surface area contributed by atoms with Crippen molar-refractivity contribution in [2.45, 2.75) is 0 Å². The van der Waals surface area contributed by atoms with Crippen LogP contribution in [0.25, 0.3) is 91.6 Å². The third-order valence-electron chi connectivity index (χ3n) is 8.97. The number of nitrogens with zero attached hydrogens (tertiary/aromatic N) is 3. The van der Waals surface area contributed by atoms with Gasteiger partial charge in [0.05, 0.1) is 22.2 Å². The molecule has 0 aliphatic heterocycles. The first-order chi connectivity index (χ1) is 21.8. The summed E-state index contributed by atoms with van der Waals surface area (Å²) >= 11 is 1.87. The summed E-state index contributed by atoms with van der Waals surface area (Å²) in [7, 11) is 0. The van der Waals surface area contributed by atoms with Crippen molar-refractivity contribution in [2.24, 2.45) is 0 Å². The molecule has 10 rings (SSSR count). The smallest absolute Gasteiger partial charge is 0.235 e. The van der Waals surface area contributed by atoms with Crippen LogP contribution in [0.3, 0.4) is 0 Å². The maximum absolute atomic E-state index is 5.35. The normalized spacial score (nSPS) is 12.1. The first-order valence-corrected chi connectivity index (χ1v) is 15.7. The van der Waals surface area contributed by atoms with Crippen molar-refractivity contribution in [2.75, 3.05) is 0 Å². The SMILES string of the molecule is c1ccc2cc(-c3nc(-n4c5ccccc5c5cc6ccc7c8ccccc8sc7c6cc54)nc4ccccc34)ccc2c1. The Balaban J connectivity index is 1.32. The molecule has 0 bridgehead atoms. The lowest BCUT2D eigenvalue weighted by Gasteiger charge is -2.12. The van der Waals surface area contributed by atoms with E-state index in [-0.39, 0.29) is 0 Å². The molecule has 7 aromatic carbocycles. The molecule has 204 valence electrons. The summed E-state index contributed by atoms with van der Waals surface area (Å²) in [5.41, 5.74) is 5.17. The molecule has 3 aromatic heterocycles. The molecule has 10 aromatic rings. The highest BCUT2D eigenvalue weighted by Gasteiger charge is 2.19. The molecule has 0 aliphatic carbocycles. The Morgan fingerprint density at radius 1 is 0.455 bits per heavy atom. The zero-order chi connectivity index (χ0) is 28.8. The molecule has 0 saturated heterocycles. The van der Waals surface area contributed by atoms with E-state index in [1.807, 2.05) is 11.3 Å². The zero-order valence-electron chi connectivity index (χ0n) is 23.5. The lowest BCUT2D eigenvalue weighted by Crippen LogP contribution is -2.03. The van der Waals surface area contributed by atoms with Crippen molar-refractivity contribution >= 4 is 85.8 Å². The number of rotatable bonds is 2. The fourth-order valence-corrected chi connectivity index (χ4v) is 8.14. The van der Waals surface area contributed by atoms with Crippen LogP contribution in [0.5, 0.6) is 0 Å². The van der Waals surface area contributed by atoms with Gasteiger partial charge >= 0.3 is 0 Å². The van der Waals surface area contributed by atoms with E-state index in [0.29, 0.717) is 5.95 Å². The topological polar surface area (TPSA) is 30.7 Å². The minimum atomic E-state index is 0.681. The van der Waals surface area contributed by atoms with Gasteiger partial charge in [0.25, 0.3) is 0 Å². The molecule has 3 heterocycles. The Morgan fingerprint density at radius 2 is 1.20 bits per heavy atom. The number of thiophene rings is 1. The van der Waals surface area contributed by atoms with Crippen LogP contribution < -0.4 is 0 Å². The number of hydrogen-bond acceptors (Lipinski definition) is 3. The lowest BCUT2D eigenvalue weighted by atomic mass is 10.0. The maximum atomic E-state index is 5.35. The summed E-state index contributed by atoms with van der Waals surface area (Å²) in [6.45, 7) is 0. The Hall–Kier alpha value is -5.58. The van der Waals surface area contributed by atoms with Crippen LogP contribution in [0, 0.1) is 0 Å². The van der Waals surface area contributed by atoms with E-state index in [9.17, 15) is 0 Å². The Labute approximate surface area is 256 Å². The predicted molar refractivity (Wildman–Crippen MR) is 187 cm³/mol. The summed E-state index contributed by atoms with van der Waals surface area (Å²) < 4.78 is 4.89. The molecular weight excluding hydrogens is 555 g/mol. The van der Waals surface area contributed by atoms with Crippen LogP contribution in [0.15, 0.2) is 140 Å². The fourth-order valence-electron chi connectivity index (χ4n) is 6.91. The maximum Gasteiger partial charge on any atom is 0.235 e. The Kier molecular flexibility index (Phi) is 4.87. The van der Waals surface area contributed by atoms with Crippen LogP contribution in [-0.2, 0) is 0 Å². The van der Waals surface area contributed by atoms with E-state index in [4.69, 9.17) is 9.97 Å². The van der Waals surface area contributed by atoms with E-state index < -0.39 is 0 Å². The molecule has 44 heavy (non-hydrogen) atoms. The van der Waals surface area contributed by atoms with Crippen molar-refractivity contribution in [1.29, 1.82) is 0 Å². The highest BCUT2D eigenvalue weighted by Crippen LogP contribution is 2.42. The first kappa shape index (κ1) is 23.9. The molecule has 3 nitrogen and oxygen atoms in total. The van der Waals surface area contributed by atoms with Gasteiger partial charge in [-0.15, -0.1) is 11.3 Å². The van der Waals surface area contributed by atoms with Crippen molar-refractivity contribution in [3.05, 3.63) is 140 Å². The van der Waals surface area contributed by atoms with Crippen molar-refractivity contribution in [1.82, 2.24) is 14.5 Å². The second-order valence-corrected chi connectivity index (χ2v) is 12.5. The van der Waals surface area contributed by atoms with Gasteiger partial charge in [-0.05, 0) is 52.6 Å². The van der Waals surface area contributed by atoms with Gasteiger partial charge in [-0.1, -0.05) is 103 Å². The molecule has 0 unspecified atom stereocenters. The summed E-state index contributed by atoms with van der Waals surface area (Å²) in [5.74, 6) is 0.681. The third kappa shape index (κ3) is 3.37. The van der Waals surface area contributed by atoms with E-state index in [2.05, 4.69) is 144 Å². The number of hydrogen-bond donors (Lipinski definition) is 0. The summed E-state index contributed by atoms with van der Waals surface area (Å²) in [5, 5.41) is 11.0. The molecular formula is C40H23N3S. The Morgan fingerprint density at radius 3 is 2.14 bits per heavy atom. The van der Waals surface area contributed by atoms with E-state index >= 15 is 0 Å². The van der Waals surface area contributed by atoms with Gasteiger partial charge < -0.3 is 0 Å². The minimum Gasteiger partial charge on any atom is -0.278 e. The largest absolute Gasteiger partial charge is 0.278 e. The van der Waals surface area contributed by atoms with Gasteiger partial charge in [0.15, 0.2) is 0 Å². The third-order valence-corrected chi connectivity index (χ3v) is 10.2. The summed E-state index contributed by atoms with van der Waals surface area (Å²) in [6.07, 6.45) is 0. The van der Waals surface area contributed by atoms with Crippen molar-refractivity contribution < 1.29 is 0 Å². The molecule has 0 aliphatic rings. The van der Waals surface area contributed by atoms with Gasteiger partial charge in [0.2, 0.25) is 5.95 Å². The molecule has 0 atom stereocenters. The van der Waals surface area contributed by atoms with E-state index in [1.165, 1.54) is 52.5 Å². The zero-order valence-corrected chi connectivity index (χ0v) is 24.3. The molecule has 0 fully saturated rings. The predicted octanol–water partition coefficient (Wildman–Crippen LogP) is 11.1. The fraction of sp³-hybridized carbons (Fsp3) is 0. The first-order valence-electron chi connectivity index (χ1n) is 14.8.